The van der Waals surface area contributed by atoms with Crippen molar-refractivity contribution in [2.45, 2.75) is 56.6 Å². The first-order chi connectivity index (χ1) is 21.4. The van der Waals surface area contributed by atoms with Gasteiger partial charge in [0.2, 0.25) is 11.8 Å². The van der Waals surface area contributed by atoms with E-state index in [2.05, 4.69) is 10.3 Å². The van der Waals surface area contributed by atoms with Crippen LogP contribution in [-0.4, -0.2) is 90.6 Å². The van der Waals surface area contributed by atoms with Crippen molar-refractivity contribution in [2.75, 3.05) is 24.6 Å². The molecule has 11 nitrogen and oxygen atoms in total. The molecule has 3 amide bonds. The number of benzene rings is 2. The molecule has 4 aliphatic rings. The van der Waals surface area contributed by atoms with Gasteiger partial charge in [-0.2, -0.15) is 0 Å². The molecule has 0 bridgehead atoms. The van der Waals surface area contributed by atoms with E-state index in [4.69, 9.17) is 4.74 Å². The zero-order valence-corrected chi connectivity index (χ0v) is 24.8. The molecule has 3 aromatic rings. The maximum atomic E-state index is 14.7. The highest BCUT2D eigenvalue weighted by molar-refractivity contribution is 6.04. The molecule has 44 heavy (non-hydrogen) atoms. The van der Waals surface area contributed by atoms with Crippen molar-refractivity contribution >= 4 is 34.4 Å². The van der Waals surface area contributed by atoms with E-state index in [1.165, 1.54) is 4.90 Å². The van der Waals surface area contributed by atoms with Gasteiger partial charge in [-0.1, -0.05) is 73.7 Å². The Morgan fingerprint density at radius 3 is 2.43 bits per heavy atom. The number of aromatic nitrogens is 3. The summed E-state index contributed by atoms with van der Waals surface area (Å²) in [7, 11) is 0. The van der Waals surface area contributed by atoms with Gasteiger partial charge in [0, 0.05) is 18.8 Å². The summed E-state index contributed by atoms with van der Waals surface area (Å²) in [5.41, 5.74) is -0.273. The van der Waals surface area contributed by atoms with Crippen molar-refractivity contribution in [3.8, 4) is 0 Å². The topological polar surface area (TPSA) is 121 Å². The fourth-order valence-electron chi connectivity index (χ4n) is 7.70. The largest absolute Gasteiger partial charge is 0.394 e. The molecule has 0 aliphatic carbocycles. The van der Waals surface area contributed by atoms with E-state index in [0.29, 0.717) is 24.9 Å². The molecule has 4 aliphatic heterocycles. The normalized spacial score (nSPS) is 30.4. The van der Waals surface area contributed by atoms with E-state index in [1.54, 1.807) is 14.5 Å². The Bertz CT molecular complexity index is 1670. The van der Waals surface area contributed by atoms with Gasteiger partial charge in [0.05, 0.1) is 35.6 Å². The number of likely N-dealkylation sites (tertiary alicyclic amines) is 1. The highest BCUT2D eigenvalue weighted by Crippen LogP contribution is 2.59. The van der Waals surface area contributed by atoms with Gasteiger partial charge < -0.3 is 24.5 Å². The Hall–Kier alpha value is -4.35. The van der Waals surface area contributed by atoms with Crippen LogP contribution in [0.25, 0.3) is 11.0 Å². The zero-order chi connectivity index (χ0) is 30.6. The number of ether oxygens (including phenoxy) is 1. The zero-order valence-electron chi connectivity index (χ0n) is 24.8. The molecule has 5 heterocycles. The van der Waals surface area contributed by atoms with Gasteiger partial charge in [0.1, 0.15) is 23.8 Å². The number of fused-ring (bicyclic) bond motifs is 3. The number of para-hydroxylation sites is 2. The molecule has 228 valence electrons. The van der Waals surface area contributed by atoms with E-state index in [-0.39, 0.29) is 37.5 Å². The molecule has 0 saturated carbocycles. The van der Waals surface area contributed by atoms with Crippen LogP contribution in [0.3, 0.4) is 0 Å². The Morgan fingerprint density at radius 1 is 0.932 bits per heavy atom. The Morgan fingerprint density at radius 2 is 1.68 bits per heavy atom. The fraction of sp³-hybridized carbons (Fsp3) is 0.424. The first kappa shape index (κ1) is 28.4. The predicted octanol–water partition coefficient (Wildman–Crippen LogP) is 2.52. The summed E-state index contributed by atoms with van der Waals surface area (Å²) in [5.74, 6) is -2.71. The molecule has 1 aromatic heterocycles. The van der Waals surface area contributed by atoms with E-state index in [9.17, 15) is 19.5 Å². The van der Waals surface area contributed by atoms with E-state index < -0.39 is 35.1 Å². The summed E-state index contributed by atoms with van der Waals surface area (Å²) in [4.78, 5) is 48.8. The van der Waals surface area contributed by atoms with Crippen LogP contribution in [0.4, 0.5) is 5.69 Å². The Labute approximate surface area is 255 Å². The summed E-state index contributed by atoms with van der Waals surface area (Å²) in [6.07, 6.45) is 8.41. The highest BCUT2D eigenvalue weighted by atomic mass is 16.5. The number of aliphatic hydroxyl groups excluding tert-OH is 1. The summed E-state index contributed by atoms with van der Waals surface area (Å²) in [5, 5.41) is 19.0. The van der Waals surface area contributed by atoms with E-state index >= 15 is 0 Å². The molecule has 1 spiro atoms. The lowest BCUT2D eigenvalue weighted by Gasteiger charge is -2.40. The highest BCUT2D eigenvalue weighted by Gasteiger charge is 2.75. The quantitative estimate of drug-likeness (QED) is 0.416. The second-order valence-corrected chi connectivity index (χ2v) is 12.0. The SMILES string of the molecule is CC[C@@H](CO)N1C(=O)[C@@H]2[C@@H]3C(=O)N(c4ccccc4)CC=C[C@]3(CC)O[C@@]23C=CCN(Cn2nnc4ccccc42)C(=O)C13. The van der Waals surface area contributed by atoms with Gasteiger partial charge in [-0.3, -0.25) is 14.4 Å². The summed E-state index contributed by atoms with van der Waals surface area (Å²) in [6.45, 7) is 4.21. The van der Waals surface area contributed by atoms with Crippen LogP contribution in [0, 0.1) is 11.8 Å². The number of aliphatic hydroxyl groups is 1. The van der Waals surface area contributed by atoms with Gasteiger partial charge in [0.15, 0.2) is 0 Å². The van der Waals surface area contributed by atoms with Crippen molar-refractivity contribution in [1.82, 2.24) is 24.8 Å². The smallest absolute Gasteiger partial charge is 0.250 e. The summed E-state index contributed by atoms with van der Waals surface area (Å²) in [6, 6.07) is 15.2. The Balaban J connectivity index is 1.34. The van der Waals surface area contributed by atoms with Crippen LogP contribution in [0.1, 0.15) is 26.7 Å². The number of carbonyl (C=O) groups is 3. The molecule has 7 rings (SSSR count). The number of hydrogen-bond donors (Lipinski definition) is 1. The lowest BCUT2D eigenvalue weighted by molar-refractivity contribution is -0.156. The number of carbonyl (C=O) groups excluding carboxylic acids is 3. The lowest BCUT2D eigenvalue weighted by atomic mass is 9.73. The van der Waals surface area contributed by atoms with Gasteiger partial charge in [0.25, 0.3) is 5.91 Å². The second kappa shape index (κ2) is 10.7. The maximum Gasteiger partial charge on any atom is 0.250 e. The van der Waals surface area contributed by atoms with Crippen molar-refractivity contribution in [3.05, 3.63) is 78.9 Å². The summed E-state index contributed by atoms with van der Waals surface area (Å²) < 4.78 is 8.71. The van der Waals surface area contributed by atoms with Crippen molar-refractivity contribution < 1.29 is 24.2 Å². The maximum absolute atomic E-state index is 14.7. The standard InChI is InChI=1S/C33H36N6O5/c1-3-22(20-40)39-28-31(43)36(21-38-25-15-9-8-14-24(25)34-35-38)18-11-17-33(28)27(30(39)42)26-29(41)37(23-12-6-5-7-13-23)19-10-16-32(26,4-2)44-33/h5-17,22,26-28,40H,3-4,18-21H2,1-2H3/t22-,26+,27-,28?,32-,33-/m0/s1. The minimum absolute atomic E-state index is 0.113. The molecule has 0 radical (unpaired) electrons. The second-order valence-electron chi connectivity index (χ2n) is 12.0. The van der Waals surface area contributed by atoms with E-state index in [0.717, 1.165) is 11.2 Å². The number of rotatable bonds is 7. The third-order valence-corrected chi connectivity index (χ3v) is 9.83. The predicted molar refractivity (Wildman–Crippen MR) is 162 cm³/mol. The van der Waals surface area contributed by atoms with E-state index in [1.807, 2.05) is 92.7 Å². The van der Waals surface area contributed by atoms with Crippen LogP contribution in [0.15, 0.2) is 78.9 Å². The molecule has 6 atom stereocenters. The molecule has 11 heteroatoms. The van der Waals surface area contributed by atoms with Crippen molar-refractivity contribution in [2.24, 2.45) is 11.8 Å². The Kier molecular flexibility index (Phi) is 6.89. The fourth-order valence-corrected chi connectivity index (χ4v) is 7.70. The van der Waals surface area contributed by atoms with Gasteiger partial charge in [-0.25, -0.2) is 4.68 Å². The first-order valence-electron chi connectivity index (χ1n) is 15.3. The van der Waals surface area contributed by atoms with Gasteiger partial charge >= 0.3 is 0 Å². The molecule has 2 fully saturated rings. The minimum Gasteiger partial charge on any atom is -0.394 e. The van der Waals surface area contributed by atoms with Crippen LogP contribution in [0.5, 0.6) is 0 Å². The monoisotopic (exact) mass is 596 g/mol. The number of anilines is 1. The van der Waals surface area contributed by atoms with Crippen LogP contribution in [0.2, 0.25) is 0 Å². The molecular weight excluding hydrogens is 560 g/mol. The minimum atomic E-state index is -1.41. The lowest BCUT2D eigenvalue weighted by Crippen LogP contribution is -2.59. The molecule has 1 unspecified atom stereocenters. The van der Waals surface area contributed by atoms with Crippen LogP contribution < -0.4 is 4.90 Å². The average molecular weight is 597 g/mol. The van der Waals surface area contributed by atoms with Crippen molar-refractivity contribution in [3.63, 3.8) is 0 Å². The van der Waals surface area contributed by atoms with Crippen LogP contribution in [-0.2, 0) is 25.8 Å². The summed E-state index contributed by atoms with van der Waals surface area (Å²) >= 11 is 0. The van der Waals surface area contributed by atoms with Gasteiger partial charge in [-0.05, 0) is 37.1 Å². The first-order valence-corrected chi connectivity index (χ1v) is 15.3. The van der Waals surface area contributed by atoms with Gasteiger partial charge in [-0.15, -0.1) is 5.10 Å². The molecule has 1 N–H and O–H groups in total. The number of hydrogen-bond acceptors (Lipinski definition) is 7. The third kappa shape index (κ3) is 3.99. The average Bonchev–Trinajstić information content (AvgIpc) is 3.59. The molecular formula is C33H36N6O5. The number of amides is 3. The molecule has 2 aromatic carbocycles. The third-order valence-electron chi connectivity index (χ3n) is 9.83. The van der Waals surface area contributed by atoms with Crippen LogP contribution >= 0.6 is 0 Å². The van der Waals surface area contributed by atoms with Crippen molar-refractivity contribution in [1.29, 1.82) is 0 Å². The molecule has 2 saturated heterocycles. The number of nitrogens with zero attached hydrogens (tertiary/aromatic N) is 6.